The molecule has 0 saturated carbocycles. The second-order valence-corrected chi connectivity index (χ2v) is 5.25. The molecule has 1 aromatic rings. The maximum absolute atomic E-state index is 11.0. The Balaban J connectivity index is 2.91. The van der Waals surface area contributed by atoms with Crippen molar-refractivity contribution in [3.63, 3.8) is 0 Å². The smallest absolute Gasteiger partial charge is 0.275 e. The molecule has 3 N–H and O–H groups in total. The Morgan fingerprint density at radius 2 is 2.05 bits per heavy atom. The summed E-state index contributed by atoms with van der Waals surface area (Å²) in [6.45, 7) is 1.57. The molecule has 0 unspecified atom stereocenters. The molecule has 0 radical (unpaired) electrons. The fourth-order valence-corrected chi connectivity index (χ4v) is 2.00. The third-order valence-electron chi connectivity index (χ3n) is 3.18. The van der Waals surface area contributed by atoms with Gasteiger partial charge < -0.3 is 15.5 Å². The van der Waals surface area contributed by atoms with E-state index in [9.17, 15) is 20.3 Å². The molecule has 0 aliphatic rings. The van der Waals surface area contributed by atoms with Crippen LogP contribution in [0.2, 0.25) is 0 Å². The molecule has 0 heterocycles. The summed E-state index contributed by atoms with van der Waals surface area (Å²) in [5.74, 6) is 0. The van der Waals surface area contributed by atoms with Crippen molar-refractivity contribution < 1.29 is 15.1 Å². The first-order valence-corrected chi connectivity index (χ1v) is 6.67. The molecule has 0 saturated heterocycles. The fourth-order valence-electron chi connectivity index (χ4n) is 1.65. The molecule has 106 valence electrons. The Kier molecular flexibility index (Phi) is 5.86. The number of aliphatic hydroxyl groups excluding tert-OH is 2. The van der Waals surface area contributed by atoms with Crippen molar-refractivity contribution in [1.82, 2.24) is 5.32 Å². The molecule has 6 nitrogen and oxygen atoms in total. The fraction of sp³-hybridized carbons (Fsp3) is 0.500. The number of nitro benzene ring substituents is 1. The zero-order valence-electron chi connectivity index (χ0n) is 10.6. The lowest BCUT2D eigenvalue weighted by Gasteiger charge is -2.29. The molecule has 1 rings (SSSR count). The van der Waals surface area contributed by atoms with Gasteiger partial charge in [0.15, 0.2) is 0 Å². The zero-order valence-corrected chi connectivity index (χ0v) is 12.2. The number of hydrogen-bond acceptors (Lipinski definition) is 5. The summed E-state index contributed by atoms with van der Waals surface area (Å²) >= 11 is 3.19. The van der Waals surface area contributed by atoms with Gasteiger partial charge >= 0.3 is 0 Å². The Bertz CT molecular complexity index is 441. The minimum atomic E-state index is -0.819. The van der Waals surface area contributed by atoms with Gasteiger partial charge in [0.2, 0.25) is 0 Å². The molecule has 0 fully saturated rings. The van der Waals surface area contributed by atoms with Crippen LogP contribution in [0.3, 0.4) is 0 Å². The van der Waals surface area contributed by atoms with Crippen molar-refractivity contribution in [2.75, 3.05) is 13.2 Å². The van der Waals surface area contributed by atoms with Gasteiger partial charge in [-0.05, 0) is 18.6 Å². The van der Waals surface area contributed by atoms with E-state index in [0.717, 1.165) is 0 Å². The van der Waals surface area contributed by atoms with E-state index in [-0.39, 0.29) is 25.4 Å². The number of aliphatic hydroxyl groups is 2. The molecule has 0 aliphatic heterocycles. The summed E-state index contributed by atoms with van der Waals surface area (Å²) in [4.78, 5) is 10.5. The number of halogens is 1. The molecule has 0 atom stereocenters. The van der Waals surface area contributed by atoms with Gasteiger partial charge in [0.25, 0.3) is 5.69 Å². The van der Waals surface area contributed by atoms with E-state index in [1.165, 1.54) is 6.07 Å². The van der Waals surface area contributed by atoms with Crippen LogP contribution < -0.4 is 5.32 Å². The van der Waals surface area contributed by atoms with Crippen molar-refractivity contribution >= 4 is 21.6 Å². The van der Waals surface area contributed by atoms with Crippen LogP contribution in [0.1, 0.15) is 18.9 Å². The Morgan fingerprint density at radius 1 is 1.42 bits per heavy atom. The third-order valence-corrected chi connectivity index (χ3v) is 3.67. The first-order chi connectivity index (χ1) is 8.98. The van der Waals surface area contributed by atoms with E-state index in [4.69, 9.17) is 0 Å². The maximum Gasteiger partial charge on any atom is 0.275 e. The molecule has 7 heteroatoms. The summed E-state index contributed by atoms with van der Waals surface area (Å²) in [5.41, 5.74) is -0.309. The number of nitrogens with zero attached hydrogens (tertiary/aromatic N) is 1. The minimum absolute atomic E-state index is 0.00255. The van der Waals surface area contributed by atoms with E-state index in [2.05, 4.69) is 21.2 Å². The number of nitrogens with one attached hydrogen (secondary N) is 1. The van der Waals surface area contributed by atoms with Crippen LogP contribution in [0.5, 0.6) is 0 Å². The van der Waals surface area contributed by atoms with Gasteiger partial charge in [-0.15, -0.1) is 0 Å². The standard InChI is InChI=1S/C12H17BrN2O4/c1-2-12(7-16,8-17)14-6-9-3-4-10(13)5-11(9)15(18)19/h3-5,14,16-17H,2,6-8H2,1H3. The Hall–Kier alpha value is -1.02. The van der Waals surface area contributed by atoms with Gasteiger partial charge in [-0.3, -0.25) is 10.1 Å². The van der Waals surface area contributed by atoms with E-state index in [1.54, 1.807) is 12.1 Å². The van der Waals surface area contributed by atoms with Gasteiger partial charge in [0.1, 0.15) is 0 Å². The van der Waals surface area contributed by atoms with Crippen LogP contribution in [0, 0.1) is 10.1 Å². The van der Waals surface area contributed by atoms with Gasteiger partial charge in [-0.25, -0.2) is 0 Å². The Labute approximate surface area is 119 Å². The second kappa shape index (κ2) is 6.95. The first-order valence-electron chi connectivity index (χ1n) is 5.87. The highest BCUT2D eigenvalue weighted by molar-refractivity contribution is 9.10. The predicted octanol–water partition coefficient (Wildman–Crippen LogP) is 1.58. The largest absolute Gasteiger partial charge is 0.394 e. The minimum Gasteiger partial charge on any atom is -0.394 e. The third kappa shape index (κ3) is 3.97. The van der Waals surface area contributed by atoms with Gasteiger partial charge in [0.05, 0.1) is 23.7 Å². The maximum atomic E-state index is 11.0. The van der Waals surface area contributed by atoms with Crippen molar-refractivity contribution in [3.8, 4) is 0 Å². The molecule has 0 amide bonds. The molecule has 0 spiro atoms. The van der Waals surface area contributed by atoms with E-state index >= 15 is 0 Å². The summed E-state index contributed by atoms with van der Waals surface area (Å²) in [6.07, 6.45) is 0.518. The Morgan fingerprint density at radius 3 is 2.53 bits per heavy atom. The van der Waals surface area contributed by atoms with Crippen molar-refractivity contribution in [2.24, 2.45) is 0 Å². The van der Waals surface area contributed by atoms with Crippen molar-refractivity contribution in [2.45, 2.75) is 25.4 Å². The van der Waals surface area contributed by atoms with Crippen LogP contribution in [0.15, 0.2) is 22.7 Å². The van der Waals surface area contributed by atoms with Crippen molar-refractivity contribution in [1.29, 1.82) is 0 Å². The molecular formula is C12H17BrN2O4. The molecular weight excluding hydrogens is 316 g/mol. The second-order valence-electron chi connectivity index (χ2n) is 4.33. The van der Waals surface area contributed by atoms with Crippen molar-refractivity contribution in [3.05, 3.63) is 38.3 Å². The topological polar surface area (TPSA) is 95.6 Å². The highest BCUT2D eigenvalue weighted by Crippen LogP contribution is 2.24. The summed E-state index contributed by atoms with van der Waals surface area (Å²) in [6, 6.07) is 4.79. The summed E-state index contributed by atoms with van der Waals surface area (Å²) in [5, 5.41) is 32.6. The highest BCUT2D eigenvalue weighted by atomic mass is 79.9. The number of benzene rings is 1. The first kappa shape index (κ1) is 16.0. The van der Waals surface area contributed by atoms with E-state index in [1.807, 2.05) is 6.92 Å². The molecule has 0 aliphatic carbocycles. The molecule has 0 bridgehead atoms. The molecule has 1 aromatic carbocycles. The normalized spacial score (nSPS) is 11.6. The lowest BCUT2D eigenvalue weighted by atomic mass is 9.98. The number of hydrogen-bond donors (Lipinski definition) is 3. The quantitative estimate of drug-likeness (QED) is 0.520. The van der Waals surface area contributed by atoms with E-state index in [0.29, 0.717) is 16.5 Å². The summed E-state index contributed by atoms with van der Waals surface area (Å²) < 4.78 is 0.633. The van der Waals surface area contributed by atoms with Crippen LogP contribution in [0.25, 0.3) is 0 Å². The van der Waals surface area contributed by atoms with Crippen LogP contribution in [0.4, 0.5) is 5.69 Å². The van der Waals surface area contributed by atoms with Crippen LogP contribution >= 0.6 is 15.9 Å². The van der Waals surface area contributed by atoms with Gasteiger partial charge in [-0.2, -0.15) is 0 Å². The SMILES string of the molecule is CCC(CO)(CO)NCc1ccc(Br)cc1[N+](=O)[O-]. The van der Waals surface area contributed by atoms with Gasteiger partial charge in [-0.1, -0.05) is 22.9 Å². The highest BCUT2D eigenvalue weighted by Gasteiger charge is 2.26. The van der Waals surface area contributed by atoms with Crippen LogP contribution in [-0.4, -0.2) is 33.9 Å². The lowest BCUT2D eigenvalue weighted by molar-refractivity contribution is -0.385. The molecule has 19 heavy (non-hydrogen) atoms. The van der Waals surface area contributed by atoms with Crippen LogP contribution in [-0.2, 0) is 6.54 Å². The molecule has 0 aromatic heterocycles. The number of nitro groups is 1. The zero-order chi connectivity index (χ0) is 14.5. The predicted molar refractivity (Wildman–Crippen MR) is 74.8 cm³/mol. The monoisotopic (exact) mass is 332 g/mol. The lowest BCUT2D eigenvalue weighted by Crippen LogP contribution is -2.50. The average molecular weight is 333 g/mol. The summed E-state index contributed by atoms with van der Waals surface area (Å²) in [7, 11) is 0. The van der Waals surface area contributed by atoms with E-state index < -0.39 is 10.5 Å². The number of rotatable bonds is 7. The van der Waals surface area contributed by atoms with Gasteiger partial charge in [0, 0.05) is 22.6 Å². The average Bonchev–Trinajstić information content (AvgIpc) is 2.42.